The van der Waals surface area contributed by atoms with E-state index in [1.807, 2.05) is 24.3 Å². The summed E-state index contributed by atoms with van der Waals surface area (Å²) in [6.07, 6.45) is 1.64. The number of aliphatic hydroxyl groups is 1. The average molecular weight is 323 g/mol. The first kappa shape index (κ1) is 16.3. The van der Waals surface area contributed by atoms with Crippen molar-refractivity contribution < 1.29 is 14.6 Å². The van der Waals surface area contributed by atoms with Gasteiger partial charge in [-0.1, -0.05) is 54.6 Å². The number of alkyl carbamates (subject to hydrolysis) is 1. The van der Waals surface area contributed by atoms with Crippen LogP contribution in [0.3, 0.4) is 0 Å². The quantitative estimate of drug-likeness (QED) is 0.800. The first-order chi connectivity index (χ1) is 11.7. The molecule has 1 aliphatic rings. The van der Waals surface area contributed by atoms with E-state index in [-0.39, 0.29) is 25.2 Å². The topological polar surface area (TPSA) is 58.6 Å². The highest BCUT2D eigenvalue weighted by Crippen LogP contribution is 2.44. The summed E-state index contributed by atoms with van der Waals surface area (Å²) < 4.78 is 5.42. The van der Waals surface area contributed by atoms with Gasteiger partial charge in [0, 0.05) is 5.92 Å². The van der Waals surface area contributed by atoms with Crippen molar-refractivity contribution in [2.24, 2.45) is 0 Å². The van der Waals surface area contributed by atoms with Gasteiger partial charge < -0.3 is 15.2 Å². The molecule has 0 saturated heterocycles. The van der Waals surface area contributed by atoms with E-state index in [1.165, 1.54) is 22.3 Å². The van der Waals surface area contributed by atoms with Crippen LogP contribution in [0.25, 0.3) is 11.1 Å². The number of amides is 1. The molecule has 2 aromatic rings. The van der Waals surface area contributed by atoms with Gasteiger partial charge in [-0.15, -0.1) is 6.58 Å². The molecule has 2 N–H and O–H groups in total. The van der Waals surface area contributed by atoms with Crippen molar-refractivity contribution in [2.45, 2.75) is 18.4 Å². The van der Waals surface area contributed by atoms with Crippen molar-refractivity contribution in [3.8, 4) is 11.1 Å². The summed E-state index contributed by atoms with van der Waals surface area (Å²) in [4.78, 5) is 12.0. The fourth-order valence-electron chi connectivity index (χ4n) is 3.19. The summed E-state index contributed by atoms with van der Waals surface area (Å²) in [6, 6.07) is 16.0. The van der Waals surface area contributed by atoms with E-state index in [0.29, 0.717) is 6.42 Å². The first-order valence-corrected chi connectivity index (χ1v) is 8.08. The van der Waals surface area contributed by atoms with Crippen LogP contribution in [-0.4, -0.2) is 30.5 Å². The number of carbonyl (C=O) groups excluding carboxylic acids is 1. The normalized spacial score (nSPS) is 13.7. The number of benzene rings is 2. The summed E-state index contributed by atoms with van der Waals surface area (Å²) in [5.41, 5.74) is 4.75. The Labute approximate surface area is 141 Å². The Balaban J connectivity index is 1.71. The van der Waals surface area contributed by atoms with Gasteiger partial charge in [0.05, 0.1) is 12.6 Å². The molecule has 3 rings (SSSR count). The third-order valence-corrected chi connectivity index (χ3v) is 4.34. The van der Waals surface area contributed by atoms with Gasteiger partial charge in [-0.05, 0) is 28.7 Å². The van der Waals surface area contributed by atoms with Crippen LogP contribution in [0.2, 0.25) is 0 Å². The summed E-state index contributed by atoms with van der Waals surface area (Å²) in [5.74, 6) is 0.0372. The maximum Gasteiger partial charge on any atom is 0.407 e. The third-order valence-electron chi connectivity index (χ3n) is 4.34. The Morgan fingerprint density at radius 3 is 2.29 bits per heavy atom. The third kappa shape index (κ3) is 3.19. The fourth-order valence-corrected chi connectivity index (χ4v) is 3.19. The highest BCUT2D eigenvalue weighted by atomic mass is 16.5. The molecular weight excluding hydrogens is 302 g/mol. The van der Waals surface area contributed by atoms with Crippen LogP contribution in [0, 0.1) is 0 Å². The Bertz CT molecular complexity index is 696. The fraction of sp³-hybridized carbons (Fsp3) is 0.250. The van der Waals surface area contributed by atoms with E-state index >= 15 is 0 Å². The average Bonchev–Trinajstić information content (AvgIpc) is 2.93. The van der Waals surface area contributed by atoms with Crippen LogP contribution in [-0.2, 0) is 4.74 Å². The van der Waals surface area contributed by atoms with Gasteiger partial charge >= 0.3 is 6.09 Å². The van der Waals surface area contributed by atoms with Crippen LogP contribution >= 0.6 is 0 Å². The highest BCUT2D eigenvalue weighted by molar-refractivity contribution is 5.79. The molecular formula is C20H21NO3. The molecule has 4 heteroatoms. The molecule has 0 aromatic heterocycles. The zero-order chi connectivity index (χ0) is 16.9. The molecule has 0 fully saturated rings. The molecule has 0 bridgehead atoms. The zero-order valence-corrected chi connectivity index (χ0v) is 13.4. The predicted molar refractivity (Wildman–Crippen MR) is 93.9 cm³/mol. The van der Waals surface area contributed by atoms with Crippen molar-refractivity contribution >= 4 is 6.09 Å². The number of ether oxygens (including phenoxy) is 1. The second kappa shape index (κ2) is 7.32. The molecule has 24 heavy (non-hydrogen) atoms. The minimum absolute atomic E-state index is 0.0372. The van der Waals surface area contributed by atoms with E-state index in [2.05, 4.69) is 36.2 Å². The molecule has 0 unspecified atom stereocenters. The van der Waals surface area contributed by atoms with Crippen molar-refractivity contribution in [3.63, 3.8) is 0 Å². The minimum atomic E-state index is -0.516. The monoisotopic (exact) mass is 323 g/mol. The summed E-state index contributed by atoms with van der Waals surface area (Å²) >= 11 is 0. The molecule has 0 spiro atoms. The lowest BCUT2D eigenvalue weighted by molar-refractivity contribution is 0.132. The van der Waals surface area contributed by atoms with Gasteiger partial charge in [-0.3, -0.25) is 0 Å². The maximum absolute atomic E-state index is 12.0. The Morgan fingerprint density at radius 2 is 1.75 bits per heavy atom. The van der Waals surface area contributed by atoms with E-state index < -0.39 is 6.09 Å². The molecule has 1 atom stereocenters. The van der Waals surface area contributed by atoms with Gasteiger partial charge in [0.1, 0.15) is 6.61 Å². The predicted octanol–water partition coefficient (Wildman–Crippen LogP) is 3.46. The number of hydrogen-bond acceptors (Lipinski definition) is 3. The first-order valence-electron chi connectivity index (χ1n) is 8.08. The Kier molecular flexibility index (Phi) is 4.96. The second-order valence-corrected chi connectivity index (χ2v) is 5.87. The van der Waals surface area contributed by atoms with E-state index in [4.69, 9.17) is 4.74 Å². The van der Waals surface area contributed by atoms with E-state index in [9.17, 15) is 9.90 Å². The second-order valence-electron chi connectivity index (χ2n) is 5.87. The lowest BCUT2D eigenvalue weighted by atomic mass is 9.98. The van der Waals surface area contributed by atoms with Gasteiger partial charge in [-0.2, -0.15) is 0 Å². The molecule has 0 heterocycles. The number of rotatable bonds is 6. The van der Waals surface area contributed by atoms with E-state index in [0.717, 1.165) is 0 Å². The van der Waals surface area contributed by atoms with Gasteiger partial charge in [0.15, 0.2) is 0 Å². The number of fused-ring (bicyclic) bond motifs is 3. The SMILES string of the molecule is C=CC[C@H](CO)NC(=O)OCC1c2ccccc2-c2ccccc21. The molecule has 124 valence electrons. The highest BCUT2D eigenvalue weighted by Gasteiger charge is 2.29. The molecule has 0 saturated carbocycles. The summed E-state index contributed by atoms with van der Waals surface area (Å²) in [7, 11) is 0. The molecule has 2 aromatic carbocycles. The molecule has 1 aliphatic carbocycles. The van der Waals surface area contributed by atoms with Gasteiger partial charge in [0.25, 0.3) is 0 Å². The maximum atomic E-state index is 12.0. The van der Waals surface area contributed by atoms with Crippen LogP contribution in [0.15, 0.2) is 61.2 Å². The van der Waals surface area contributed by atoms with Crippen molar-refractivity contribution in [2.75, 3.05) is 13.2 Å². The number of aliphatic hydroxyl groups excluding tert-OH is 1. The smallest absolute Gasteiger partial charge is 0.407 e. The lowest BCUT2D eigenvalue weighted by Gasteiger charge is -2.17. The van der Waals surface area contributed by atoms with Gasteiger partial charge in [0.2, 0.25) is 0 Å². The molecule has 0 aliphatic heterocycles. The molecule has 0 radical (unpaired) electrons. The van der Waals surface area contributed by atoms with Crippen molar-refractivity contribution in [3.05, 3.63) is 72.3 Å². The van der Waals surface area contributed by atoms with Crippen molar-refractivity contribution in [1.29, 1.82) is 0 Å². The van der Waals surface area contributed by atoms with E-state index in [1.54, 1.807) is 6.08 Å². The summed E-state index contributed by atoms with van der Waals surface area (Å²) in [5, 5.41) is 11.9. The largest absolute Gasteiger partial charge is 0.449 e. The Morgan fingerprint density at radius 1 is 1.17 bits per heavy atom. The standard InChI is InChI=1S/C20H21NO3/c1-2-7-14(12-22)21-20(23)24-13-19-17-10-5-3-8-15(17)16-9-4-6-11-18(16)19/h2-6,8-11,14,19,22H,1,7,12-13H2,(H,21,23)/t14-/m1/s1. The van der Waals surface area contributed by atoms with Crippen LogP contribution in [0.4, 0.5) is 4.79 Å². The Hall–Kier alpha value is -2.59. The number of nitrogens with one attached hydrogen (secondary N) is 1. The molecule has 1 amide bonds. The summed E-state index contributed by atoms with van der Waals surface area (Å²) in [6.45, 7) is 3.74. The lowest BCUT2D eigenvalue weighted by Crippen LogP contribution is -2.38. The number of hydrogen-bond donors (Lipinski definition) is 2. The minimum Gasteiger partial charge on any atom is -0.449 e. The number of carbonyl (C=O) groups is 1. The van der Waals surface area contributed by atoms with Crippen molar-refractivity contribution in [1.82, 2.24) is 5.32 Å². The van der Waals surface area contributed by atoms with Gasteiger partial charge in [-0.25, -0.2) is 4.79 Å². The zero-order valence-electron chi connectivity index (χ0n) is 13.4. The van der Waals surface area contributed by atoms with Crippen LogP contribution in [0.1, 0.15) is 23.5 Å². The van der Waals surface area contributed by atoms with Crippen LogP contribution < -0.4 is 5.32 Å². The van der Waals surface area contributed by atoms with Crippen LogP contribution in [0.5, 0.6) is 0 Å². The molecule has 4 nitrogen and oxygen atoms in total.